The van der Waals surface area contributed by atoms with Crippen molar-refractivity contribution in [3.8, 4) is 5.88 Å². The Labute approximate surface area is 96.0 Å². The minimum atomic E-state index is 0. The number of rotatable bonds is 2. The Hall–Kier alpha value is -0.740. The quantitative estimate of drug-likeness (QED) is 0.781. The lowest BCUT2D eigenvalue weighted by molar-refractivity contribution is 0.106. The molecule has 0 unspecified atom stereocenters. The zero-order chi connectivity index (χ0) is 9.97. The Morgan fingerprint density at radius 3 is 2.67 bits per heavy atom. The molecule has 0 aliphatic carbocycles. The van der Waals surface area contributed by atoms with E-state index in [2.05, 4.69) is 17.1 Å². The molecule has 0 spiro atoms. The van der Waals surface area contributed by atoms with Crippen LogP contribution in [0.25, 0.3) is 0 Å². The second kappa shape index (κ2) is 5.37. The van der Waals surface area contributed by atoms with Crippen LogP contribution in [0.15, 0.2) is 10.6 Å². The molecule has 1 aliphatic rings. The van der Waals surface area contributed by atoms with Crippen LogP contribution in [-0.2, 0) is 0 Å². The maximum Gasteiger partial charge on any atom is 0.254 e. The van der Waals surface area contributed by atoms with E-state index in [9.17, 15) is 0 Å². The van der Waals surface area contributed by atoms with Gasteiger partial charge in [-0.3, -0.25) is 0 Å². The van der Waals surface area contributed by atoms with Crippen molar-refractivity contribution >= 4 is 12.4 Å². The summed E-state index contributed by atoms with van der Waals surface area (Å²) in [7, 11) is 2.14. The Morgan fingerprint density at radius 2 is 2.13 bits per heavy atom. The molecule has 1 aromatic heterocycles. The molecule has 1 aliphatic heterocycles. The van der Waals surface area contributed by atoms with E-state index >= 15 is 0 Å². The lowest BCUT2D eigenvalue weighted by Gasteiger charge is -2.28. The van der Waals surface area contributed by atoms with Gasteiger partial charge in [-0.2, -0.15) is 0 Å². The molecule has 0 saturated carbocycles. The highest BCUT2D eigenvalue weighted by Crippen LogP contribution is 2.17. The molecule has 15 heavy (non-hydrogen) atoms. The van der Waals surface area contributed by atoms with Crippen molar-refractivity contribution in [2.75, 3.05) is 20.1 Å². The fourth-order valence-corrected chi connectivity index (χ4v) is 1.67. The molecule has 2 rings (SSSR count). The molecule has 0 bridgehead atoms. The predicted octanol–water partition coefficient (Wildman–Crippen LogP) is 1.88. The first-order chi connectivity index (χ1) is 6.74. The van der Waals surface area contributed by atoms with Crippen LogP contribution >= 0.6 is 12.4 Å². The van der Waals surface area contributed by atoms with E-state index in [-0.39, 0.29) is 12.4 Å². The summed E-state index contributed by atoms with van der Waals surface area (Å²) in [6.07, 6.45) is 2.45. The van der Waals surface area contributed by atoms with Gasteiger partial charge in [-0.05, 0) is 32.0 Å². The number of ether oxygens (including phenoxy) is 1. The van der Waals surface area contributed by atoms with Gasteiger partial charge in [0.2, 0.25) is 0 Å². The maximum atomic E-state index is 5.69. The first-order valence-corrected chi connectivity index (χ1v) is 5.02. The summed E-state index contributed by atoms with van der Waals surface area (Å²) in [5, 5.41) is 3.82. The normalized spacial score (nSPS) is 18.5. The van der Waals surface area contributed by atoms with Crippen molar-refractivity contribution in [2.45, 2.75) is 25.9 Å². The lowest BCUT2D eigenvalue weighted by atomic mass is 10.1. The van der Waals surface area contributed by atoms with Crippen molar-refractivity contribution in [3.63, 3.8) is 0 Å². The zero-order valence-electron chi connectivity index (χ0n) is 9.10. The third-order valence-electron chi connectivity index (χ3n) is 2.56. The third kappa shape index (κ3) is 3.39. The number of aromatic nitrogens is 1. The summed E-state index contributed by atoms with van der Waals surface area (Å²) in [5.74, 6) is 1.42. The van der Waals surface area contributed by atoms with E-state index in [1.807, 2.05) is 13.0 Å². The standard InChI is InChI=1S/C10H16N2O2.ClH/c1-8-7-10(11-14-8)13-9-3-5-12(2)6-4-9;/h7,9H,3-6H2,1-2H3;1H. The molecular formula is C10H17ClN2O2. The summed E-state index contributed by atoms with van der Waals surface area (Å²) in [5.41, 5.74) is 0. The van der Waals surface area contributed by atoms with E-state index in [1.165, 1.54) is 0 Å². The first kappa shape index (κ1) is 12.3. The summed E-state index contributed by atoms with van der Waals surface area (Å²) in [4.78, 5) is 2.31. The van der Waals surface area contributed by atoms with Gasteiger partial charge in [0.25, 0.3) is 5.88 Å². The van der Waals surface area contributed by atoms with Gasteiger partial charge in [-0.1, -0.05) is 0 Å². The van der Waals surface area contributed by atoms with Crippen LogP contribution in [-0.4, -0.2) is 36.3 Å². The number of hydrogen-bond acceptors (Lipinski definition) is 4. The van der Waals surface area contributed by atoms with Gasteiger partial charge in [-0.25, -0.2) is 0 Å². The van der Waals surface area contributed by atoms with Gasteiger partial charge < -0.3 is 14.2 Å². The Morgan fingerprint density at radius 1 is 1.47 bits per heavy atom. The number of halogens is 1. The van der Waals surface area contributed by atoms with Gasteiger partial charge in [-0.15, -0.1) is 12.4 Å². The minimum Gasteiger partial charge on any atom is -0.472 e. The van der Waals surface area contributed by atoms with Gasteiger partial charge in [0, 0.05) is 19.2 Å². The highest BCUT2D eigenvalue weighted by Gasteiger charge is 2.18. The Kier molecular flexibility index (Phi) is 4.42. The fourth-order valence-electron chi connectivity index (χ4n) is 1.67. The highest BCUT2D eigenvalue weighted by atomic mass is 35.5. The Balaban J connectivity index is 0.00000112. The molecule has 86 valence electrons. The van der Waals surface area contributed by atoms with Crippen LogP contribution < -0.4 is 4.74 Å². The van der Waals surface area contributed by atoms with Crippen molar-refractivity contribution in [1.82, 2.24) is 10.1 Å². The first-order valence-electron chi connectivity index (χ1n) is 5.02. The number of nitrogens with zero attached hydrogens (tertiary/aromatic N) is 2. The summed E-state index contributed by atoms with van der Waals surface area (Å²) < 4.78 is 10.6. The molecule has 5 heteroatoms. The van der Waals surface area contributed by atoms with Crippen LogP contribution in [0, 0.1) is 6.92 Å². The molecule has 4 nitrogen and oxygen atoms in total. The molecule has 1 aromatic rings. The molecule has 0 amide bonds. The average Bonchev–Trinajstić information content (AvgIpc) is 2.56. The third-order valence-corrected chi connectivity index (χ3v) is 2.56. The van der Waals surface area contributed by atoms with Gasteiger partial charge >= 0.3 is 0 Å². The number of piperidine rings is 1. The number of aryl methyl sites for hydroxylation is 1. The smallest absolute Gasteiger partial charge is 0.254 e. The van der Waals surface area contributed by atoms with E-state index in [0.717, 1.165) is 31.7 Å². The number of hydrogen-bond donors (Lipinski definition) is 0. The van der Waals surface area contributed by atoms with Gasteiger partial charge in [0.05, 0.1) is 0 Å². The topological polar surface area (TPSA) is 38.5 Å². The average molecular weight is 233 g/mol. The second-order valence-electron chi connectivity index (χ2n) is 3.90. The zero-order valence-corrected chi connectivity index (χ0v) is 9.92. The minimum absolute atomic E-state index is 0. The second-order valence-corrected chi connectivity index (χ2v) is 3.90. The van der Waals surface area contributed by atoms with Crippen LogP contribution in [0.2, 0.25) is 0 Å². The largest absolute Gasteiger partial charge is 0.472 e. The van der Waals surface area contributed by atoms with Gasteiger partial charge in [0.15, 0.2) is 0 Å². The molecule has 1 saturated heterocycles. The van der Waals surface area contributed by atoms with E-state index in [0.29, 0.717) is 12.0 Å². The number of likely N-dealkylation sites (tertiary alicyclic amines) is 1. The van der Waals surface area contributed by atoms with Crippen molar-refractivity contribution < 1.29 is 9.26 Å². The molecule has 0 N–H and O–H groups in total. The summed E-state index contributed by atoms with van der Waals surface area (Å²) >= 11 is 0. The van der Waals surface area contributed by atoms with Crippen LogP contribution in [0.1, 0.15) is 18.6 Å². The SMILES string of the molecule is Cc1cc(OC2CCN(C)CC2)no1.Cl. The highest BCUT2D eigenvalue weighted by molar-refractivity contribution is 5.85. The fraction of sp³-hybridized carbons (Fsp3) is 0.700. The molecule has 2 heterocycles. The van der Waals surface area contributed by atoms with Crippen LogP contribution in [0.3, 0.4) is 0 Å². The van der Waals surface area contributed by atoms with E-state index in [1.54, 1.807) is 0 Å². The van der Waals surface area contributed by atoms with Crippen molar-refractivity contribution in [1.29, 1.82) is 0 Å². The molecule has 0 atom stereocenters. The molecule has 1 fully saturated rings. The van der Waals surface area contributed by atoms with Crippen molar-refractivity contribution in [3.05, 3.63) is 11.8 Å². The maximum absolute atomic E-state index is 5.69. The lowest BCUT2D eigenvalue weighted by Crippen LogP contribution is -2.35. The monoisotopic (exact) mass is 232 g/mol. The Bertz CT molecular complexity index is 295. The van der Waals surface area contributed by atoms with Crippen molar-refractivity contribution in [2.24, 2.45) is 0 Å². The molecular weight excluding hydrogens is 216 g/mol. The van der Waals surface area contributed by atoms with Crippen LogP contribution in [0.4, 0.5) is 0 Å². The van der Waals surface area contributed by atoms with Gasteiger partial charge in [0.1, 0.15) is 11.9 Å². The predicted molar refractivity (Wildman–Crippen MR) is 59.6 cm³/mol. The molecule has 0 aromatic carbocycles. The summed E-state index contributed by atoms with van der Waals surface area (Å²) in [6.45, 7) is 4.07. The van der Waals surface area contributed by atoms with E-state index < -0.39 is 0 Å². The van der Waals surface area contributed by atoms with Crippen LogP contribution in [0.5, 0.6) is 5.88 Å². The molecule has 0 radical (unpaired) electrons. The van der Waals surface area contributed by atoms with E-state index in [4.69, 9.17) is 9.26 Å². The summed E-state index contributed by atoms with van der Waals surface area (Å²) in [6, 6.07) is 1.83.